The van der Waals surface area contributed by atoms with Crippen LogP contribution >= 0.6 is 0 Å². The highest BCUT2D eigenvalue weighted by molar-refractivity contribution is 7.92. The van der Waals surface area contributed by atoms with E-state index in [1.165, 1.54) is 6.08 Å². The first kappa shape index (κ1) is 15.5. The molecular weight excluding hydrogens is 272 g/mol. The number of carboxylic acid groups (broad SMARTS) is 1. The fourth-order valence-electron chi connectivity index (χ4n) is 1.89. The second-order valence-electron chi connectivity index (χ2n) is 4.40. The molecule has 2 unspecified atom stereocenters. The highest BCUT2D eigenvalue weighted by Crippen LogP contribution is 2.18. The van der Waals surface area contributed by atoms with E-state index in [0.29, 0.717) is 12.8 Å². The van der Waals surface area contributed by atoms with Crippen LogP contribution in [0.3, 0.4) is 0 Å². The van der Waals surface area contributed by atoms with Crippen molar-refractivity contribution < 1.29 is 23.1 Å². The van der Waals surface area contributed by atoms with Gasteiger partial charge in [0.2, 0.25) is 0 Å². The summed E-state index contributed by atoms with van der Waals surface area (Å²) in [4.78, 5) is 22.3. The highest BCUT2D eigenvalue weighted by atomic mass is 32.2. The zero-order valence-corrected chi connectivity index (χ0v) is 11.3. The van der Waals surface area contributed by atoms with Crippen LogP contribution in [-0.2, 0) is 14.6 Å². The molecule has 0 spiro atoms. The van der Waals surface area contributed by atoms with Crippen LogP contribution in [0.4, 0.5) is 4.79 Å². The molecule has 0 saturated carbocycles. The molecule has 1 saturated heterocycles. The van der Waals surface area contributed by atoms with Crippen LogP contribution in [0.15, 0.2) is 12.7 Å². The van der Waals surface area contributed by atoms with Crippen LogP contribution < -0.4 is 10.6 Å². The number of rotatable bonds is 6. The lowest BCUT2D eigenvalue weighted by molar-refractivity contribution is -0.139. The van der Waals surface area contributed by atoms with Crippen LogP contribution in [0.5, 0.6) is 0 Å². The third-order valence-electron chi connectivity index (χ3n) is 2.96. The van der Waals surface area contributed by atoms with E-state index >= 15 is 0 Å². The minimum atomic E-state index is -3.11. The predicted molar refractivity (Wildman–Crippen MR) is 69.6 cm³/mol. The molecule has 1 rings (SSSR count). The van der Waals surface area contributed by atoms with Gasteiger partial charge in [0.1, 0.15) is 6.04 Å². The van der Waals surface area contributed by atoms with Crippen molar-refractivity contribution in [2.75, 3.05) is 12.3 Å². The van der Waals surface area contributed by atoms with E-state index in [1.54, 1.807) is 0 Å². The van der Waals surface area contributed by atoms with E-state index in [2.05, 4.69) is 17.2 Å². The molecule has 7 nitrogen and oxygen atoms in total. The molecule has 0 aromatic carbocycles. The Morgan fingerprint density at radius 3 is 2.63 bits per heavy atom. The molecular formula is C11H18N2O5S. The summed E-state index contributed by atoms with van der Waals surface area (Å²) in [6, 6.07) is -1.74. The molecule has 1 heterocycles. The quantitative estimate of drug-likeness (QED) is 0.591. The molecule has 2 atom stereocenters. The molecule has 108 valence electrons. The number of amides is 2. The van der Waals surface area contributed by atoms with Crippen LogP contribution in [0.1, 0.15) is 19.3 Å². The molecule has 3 N–H and O–H groups in total. The number of carbonyl (C=O) groups excluding carboxylic acids is 1. The lowest BCUT2D eigenvalue weighted by Crippen LogP contribution is -2.47. The Labute approximate surface area is 112 Å². The van der Waals surface area contributed by atoms with Gasteiger partial charge in [0.05, 0.1) is 11.0 Å². The Bertz CT molecular complexity index is 460. The van der Waals surface area contributed by atoms with Gasteiger partial charge in [-0.15, -0.1) is 6.58 Å². The highest BCUT2D eigenvalue weighted by Gasteiger charge is 2.31. The number of hydrogen-bond donors (Lipinski definition) is 3. The maximum atomic E-state index is 11.5. The third-order valence-corrected chi connectivity index (χ3v) is 5.23. The van der Waals surface area contributed by atoms with Crippen LogP contribution in [0.25, 0.3) is 0 Å². The molecule has 19 heavy (non-hydrogen) atoms. The fourth-order valence-corrected chi connectivity index (χ4v) is 3.66. The van der Waals surface area contributed by atoms with E-state index in [0.717, 1.165) is 0 Å². The van der Waals surface area contributed by atoms with Crippen LogP contribution in [0, 0.1) is 0 Å². The second kappa shape index (κ2) is 6.55. The molecule has 1 aliphatic rings. The zero-order valence-electron chi connectivity index (χ0n) is 10.5. The van der Waals surface area contributed by atoms with Gasteiger partial charge in [0, 0.05) is 6.54 Å². The fraction of sp³-hybridized carbons (Fsp3) is 0.636. The summed E-state index contributed by atoms with van der Waals surface area (Å²) in [5, 5.41) is 12.9. The van der Waals surface area contributed by atoms with Gasteiger partial charge in [0.15, 0.2) is 9.84 Å². The topological polar surface area (TPSA) is 113 Å². The Morgan fingerprint density at radius 2 is 2.16 bits per heavy atom. The molecule has 0 aliphatic carbocycles. The maximum absolute atomic E-state index is 11.5. The Balaban J connectivity index is 2.43. The Morgan fingerprint density at radius 1 is 1.47 bits per heavy atom. The lowest BCUT2D eigenvalue weighted by atomic mass is 10.2. The number of hydrogen-bond acceptors (Lipinski definition) is 4. The number of carboxylic acids is 1. The summed E-state index contributed by atoms with van der Waals surface area (Å²) in [6.45, 7) is 3.41. The number of carbonyl (C=O) groups is 2. The summed E-state index contributed by atoms with van der Waals surface area (Å²) < 4.78 is 23.1. The van der Waals surface area contributed by atoms with Gasteiger partial charge in [-0.25, -0.2) is 18.0 Å². The van der Waals surface area contributed by atoms with Crippen molar-refractivity contribution in [2.45, 2.75) is 30.6 Å². The SMILES string of the molecule is C=CCC(NC(=O)NCC1CCCS1(=O)=O)C(=O)O. The van der Waals surface area contributed by atoms with Gasteiger partial charge in [-0.1, -0.05) is 6.08 Å². The van der Waals surface area contributed by atoms with E-state index in [4.69, 9.17) is 5.11 Å². The number of aliphatic carboxylic acids is 1. The van der Waals surface area contributed by atoms with Crippen molar-refractivity contribution in [3.63, 3.8) is 0 Å². The minimum absolute atomic E-state index is 0.00853. The molecule has 0 aromatic rings. The van der Waals surface area contributed by atoms with E-state index in [-0.39, 0.29) is 18.7 Å². The first-order valence-corrected chi connectivity index (χ1v) is 7.68. The summed E-state index contributed by atoms with van der Waals surface area (Å²) in [5.41, 5.74) is 0. The molecule has 0 bridgehead atoms. The summed E-state index contributed by atoms with van der Waals surface area (Å²) in [5.74, 6) is -1.02. The van der Waals surface area contributed by atoms with Crippen molar-refractivity contribution in [2.24, 2.45) is 0 Å². The number of sulfone groups is 1. The monoisotopic (exact) mass is 290 g/mol. The number of nitrogens with one attached hydrogen (secondary N) is 2. The molecule has 1 aliphatic heterocycles. The summed E-state index contributed by atoms with van der Waals surface area (Å²) >= 11 is 0. The van der Waals surface area contributed by atoms with Crippen molar-refractivity contribution in [3.05, 3.63) is 12.7 Å². The molecule has 8 heteroatoms. The third kappa shape index (κ3) is 4.55. The van der Waals surface area contributed by atoms with Crippen molar-refractivity contribution in [1.29, 1.82) is 0 Å². The van der Waals surface area contributed by atoms with Crippen molar-refractivity contribution >= 4 is 21.8 Å². The normalized spacial score (nSPS) is 22.4. The van der Waals surface area contributed by atoms with E-state index < -0.39 is 33.1 Å². The van der Waals surface area contributed by atoms with E-state index in [9.17, 15) is 18.0 Å². The molecule has 1 fully saturated rings. The molecule has 2 amide bonds. The van der Waals surface area contributed by atoms with Crippen molar-refractivity contribution in [1.82, 2.24) is 10.6 Å². The first-order chi connectivity index (χ1) is 8.86. The van der Waals surface area contributed by atoms with Gasteiger partial charge in [0.25, 0.3) is 0 Å². The van der Waals surface area contributed by atoms with Gasteiger partial charge >= 0.3 is 12.0 Å². The summed E-state index contributed by atoms with van der Waals surface area (Å²) in [7, 11) is -3.11. The zero-order chi connectivity index (χ0) is 14.5. The predicted octanol–water partition coefficient (Wildman–Crippen LogP) is -0.108. The first-order valence-electron chi connectivity index (χ1n) is 5.96. The molecule has 0 radical (unpaired) electrons. The lowest BCUT2D eigenvalue weighted by Gasteiger charge is -2.15. The average Bonchev–Trinajstić information content (AvgIpc) is 2.65. The van der Waals surface area contributed by atoms with Crippen LogP contribution in [-0.4, -0.2) is 49.1 Å². The van der Waals surface area contributed by atoms with Gasteiger partial charge in [-0.05, 0) is 19.3 Å². The van der Waals surface area contributed by atoms with Gasteiger partial charge in [-0.3, -0.25) is 0 Å². The molecule has 0 aromatic heterocycles. The Kier molecular flexibility index (Phi) is 5.34. The largest absolute Gasteiger partial charge is 0.480 e. The summed E-state index contributed by atoms with van der Waals surface area (Å²) in [6.07, 6.45) is 2.62. The number of urea groups is 1. The maximum Gasteiger partial charge on any atom is 0.326 e. The van der Waals surface area contributed by atoms with Crippen LogP contribution in [0.2, 0.25) is 0 Å². The second-order valence-corrected chi connectivity index (χ2v) is 6.80. The average molecular weight is 290 g/mol. The van der Waals surface area contributed by atoms with E-state index in [1.807, 2.05) is 0 Å². The smallest absolute Gasteiger partial charge is 0.326 e. The minimum Gasteiger partial charge on any atom is -0.480 e. The standard InChI is InChI=1S/C11H18N2O5S/c1-2-4-9(10(14)15)13-11(16)12-7-8-5-3-6-19(8,17)18/h2,8-9H,1,3-7H2,(H,14,15)(H2,12,13,16). The van der Waals surface area contributed by atoms with Crippen molar-refractivity contribution in [3.8, 4) is 0 Å². The van der Waals surface area contributed by atoms with Gasteiger partial charge < -0.3 is 15.7 Å². The Hall–Kier alpha value is -1.57. The van der Waals surface area contributed by atoms with Gasteiger partial charge in [-0.2, -0.15) is 0 Å².